The Morgan fingerprint density at radius 1 is 0.793 bits per heavy atom. The van der Waals surface area contributed by atoms with Crippen molar-refractivity contribution in [3.63, 3.8) is 0 Å². The molecular formula is C19H16N4O6. The van der Waals surface area contributed by atoms with Gasteiger partial charge in [0.15, 0.2) is 0 Å². The van der Waals surface area contributed by atoms with Gasteiger partial charge < -0.3 is 9.80 Å². The molecule has 0 saturated carbocycles. The van der Waals surface area contributed by atoms with Gasteiger partial charge in [-0.25, -0.2) is 0 Å². The lowest BCUT2D eigenvalue weighted by Crippen LogP contribution is -2.59. The highest BCUT2D eigenvalue weighted by Crippen LogP contribution is 2.49. The van der Waals surface area contributed by atoms with Gasteiger partial charge in [-0.2, -0.15) is 0 Å². The maximum absolute atomic E-state index is 13.3. The summed E-state index contributed by atoms with van der Waals surface area (Å²) in [5.41, 5.74) is -0.550. The zero-order valence-corrected chi connectivity index (χ0v) is 15.6. The molecule has 2 aromatic rings. The highest BCUT2D eigenvalue weighted by atomic mass is 16.6. The molecule has 2 aliphatic rings. The molecule has 2 aliphatic heterocycles. The van der Waals surface area contributed by atoms with E-state index in [1.807, 2.05) is 0 Å². The molecule has 0 saturated heterocycles. The SMILES string of the molecule is CN1C(=O)C2(Cc3cccc([N+](=O)[O-])c31)Cc1cccc([N+](=O)[O-])c1N(C)C2=O. The van der Waals surface area contributed by atoms with Crippen LogP contribution in [-0.2, 0) is 22.4 Å². The van der Waals surface area contributed by atoms with Gasteiger partial charge >= 0.3 is 0 Å². The summed E-state index contributed by atoms with van der Waals surface area (Å²) < 4.78 is 0. The number of benzene rings is 2. The summed E-state index contributed by atoms with van der Waals surface area (Å²) in [6.07, 6.45) is -0.0308. The summed E-state index contributed by atoms with van der Waals surface area (Å²) in [5.74, 6) is -1.12. The summed E-state index contributed by atoms with van der Waals surface area (Å²) in [4.78, 5) is 50.7. The van der Waals surface area contributed by atoms with E-state index in [0.717, 1.165) is 9.80 Å². The van der Waals surface area contributed by atoms with Crippen molar-refractivity contribution in [2.45, 2.75) is 12.8 Å². The van der Waals surface area contributed by atoms with Crippen LogP contribution in [0.5, 0.6) is 0 Å². The van der Waals surface area contributed by atoms with Gasteiger partial charge in [0, 0.05) is 26.2 Å². The van der Waals surface area contributed by atoms with Gasteiger partial charge in [-0.3, -0.25) is 29.8 Å². The Kier molecular flexibility index (Phi) is 3.89. The molecule has 2 heterocycles. The lowest BCUT2D eigenvalue weighted by molar-refractivity contribution is -0.384. The minimum absolute atomic E-state index is 0.0154. The van der Waals surface area contributed by atoms with Gasteiger partial charge in [0.1, 0.15) is 16.8 Å². The van der Waals surface area contributed by atoms with Gasteiger partial charge in [-0.15, -0.1) is 0 Å². The number of rotatable bonds is 2. The van der Waals surface area contributed by atoms with Crippen LogP contribution in [0, 0.1) is 25.6 Å². The van der Waals surface area contributed by atoms with Crippen LogP contribution in [0.25, 0.3) is 0 Å². The number of anilines is 2. The molecule has 29 heavy (non-hydrogen) atoms. The average molecular weight is 396 g/mol. The standard InChI is InChI=1S/C19H16N4O6/c1-20-15-11(5-3-7-13(15)22(26)27)9-19(17(20)24)10-12-6-4-8-14(23(28)29)16(12)21(2)18(19)25/h3-8H,9-10H2,1-2H3. The Balaban J connectivity index is 1.90. The van der Waals surface area contributed by atoms with Crippen molar-refractivity contribution in [2.24, 2.45) is 5.41 Å². The third-order valence-corrected chi connectivity index (χ3v) is 5.67. The molecule has 1 spiro atoms. The van der Waals surface area contributed by atoms with Crippen LogP contribution in [0.4, 0.5) is 22.7 Å². The molecule has 2 aromatic carbocycles. The first-order valence-electron chi connectivity index (χ1n) is 8.78. The Morgan fingerprint density at radius 2 is 1.17 bits per heavy atom. The number of para-hydroxylation sites is 2. The zero-order chi connectivity index (χ0) is 21.1. The normalized spacial score (nSPS) is 17.2. The number of carbonyl (C=O) groups excluding carboxylic acids is 2. The molecule has 10 heteroatoms. The van der Waals surface area contributed by atoms with Crippen LogP contribution in [0.15, 0.2) is 36.4 Å². The van der Waals surface area contributed by atoms with E-state index in [0.29, 0.717) is 11.1 Å². The fourth-order valence-corrected chi connectivity index (χ4v) is 4.46. The molecule has 0 aromatic heterocycles. The number of hydrogen-bond donors (Lipinski definition) is 0. The molecule has 0 atom stereocenters. The van der Waals surface area contributed by atoms with E-state index in [2.05, 4.69) is 0 Å². The van der Waals surface area contributed by atoms with E-state index in [1.165, 1.54) is 38.4 Å². The number of carbonyl (C=O) groups is 2. The van der Waals surface area contributed by atoms with Crippen molar-refractivity contribution >= 4 is 34.6 Å². The molecule has 0 unspecified atom stereocenters. The first kappa shape index (κ1) is 18.5. The molecule has 4 rings (SSSR count). The number of amides is 2. The van der Waals surface area contributed by atoms with E-state index < -0.39 is 27.1 Å². The lowest BCUT2D eigenvalue weighted by atomic mass is 9.69. The number of nitrogens with zero attached hydrogens (tertiary/aromatic N) is 4. The van der Waals surface area contributed by atoms with Crippen LogP contribution >= 0.6 is 0 Å². The van der Waals surface area contributed by atoms with E-state index in [1.54, 1.807) is 12.1 Å². The first-order chi connectivity index (χ1) is 13.7. The van der Waals surface area contributed by atoms with E-state index in [4.69, 9.17) is 0 Å². The third-order valence-electron chi connectivity index (χ3n) is 5.67. The van der Waals surface area contributed by atoms with Gasteiger partial charge in [0.05, 0.1) is 9.85 Å². The second-order valence-electron chi connectivity index (χ2n) is 7.25. The highest BCUT2D eigenvalue weighted by Gasteiger charge is 2.56. The highest BCUT2D eigenvalue weighted by molar-refractivity contribution is 6.20. The molecule has 2 amide bonds. The number of hydrogen-bond acceptors (Lipinski definition) is 6. The quantitative estimate of drug-likeness (QED) is 0.435. The van der Waals surface area contributed by atoms with E-state index in [9.17, 15) is 29.8 Å². The molecule has 0 aliphatic carbocycles. The molecule has 10 nitrogen and oxygen atoms in total. The Hall–Kier alpha value is -3.82. The summed E-state index contributed by atoms with van der Waals surface area (Å²) in [7, 11) is 2.82. The molecule has 0 fully saturated rings. The predicted octanol–water partition coefficient (Wildman–Crippen LogP) is 2.23. The molecule has 148 valence electrons. The molecule has 0 radical (unpaired) electrons. The monoisotopic (exact) mass is 396 g/mol. The molecule has 0 bridgehead atoms. The predicted molar refractivity (Wildman–Crippen MR) is 103 cm³/mol. The van der Waals surface area contributed by atoms with Gasteiger partial charge in [-0.05, 0) is 24.0 Å². The maximum atomic E-state index is 13.3. The van der Waals surface area contributed by atoms with Crippen molar-refractivity contribution in [2.75, 3.05) is 23.9 Å². The van der Waals surface area contributed by atoms with Crippen LogP contribution in [0.3, 0.4) is 0 Å². The minimum atomic E-state index is -1.51. The topological polar surface area (TPSA) is 127 Å². The van der Waals surface area contributed by atoms with Crippen molar-refractivity contribution in [3.8, 4) is 0 Å². The van der Waals surface area contributed by atoms with Crippen LogP contribution in [0.2, 0.25) is 0 Å². The van der Waals surface area contributed by atoms with Crippen LogP contribution < -0.4 is 9.80 Å². The largest absolute Gasteiger partial charge is 0.308 e. The summed E-state index contributed by atoms with van der Waals surface area (Å²) in [6.45, 7) is 0. The maximum Gasteiger partial charge on any atom is 0.293 e. The van der Waals surface area contributed by atoms with E-state index in [-0.39, 0.29) is 35.6 Å². The van der Waals surface area contributed by atoms with Gasteiger partial charge in [0.25, 0.3) is 11.4 Å². The first-order valence-corrected chi connectivity index (χ1v) is 8.78. The second-order valence-corrected chi connectivity index (χ2v) is 7.25. The minimum Gasteiger partial charge on any atom is -0.308 e. The van der Waals surface area contributed by atoms with Gasteiger partial charge in [-0.1, -0.05) is 24.3 Å². The summed E-state index contributed by atoms with van der Waals surface area (Å²) >= 11 is 0. The summed E-state index contributed by atoms with van der Waals surface area (Å²) in [5, 5.41) is 22.8. The summed E-state index contributed by atoms with van der Waals surface area (Å²) in [6, 6.07) is 8.98. The van der Waals surface area contributed by atoms with E-state index >= 15 is 0 Å². The zero-order valence-electron chi connectivity index (χ0n) is 15.6. The lowest BCUT2D eigenvalue weighted by Gasteiger charge is -2.44. The van der Waals surface area contributed by atoms with Crippen molar-refractivity contribution in [1.29, 1.82) is 0 Å². The fraction of sp³-hybridized carbons (Fsp3) is 0.263. The van der Waals surface area contributed by atoms with Crippen molar-refractivity contribution in [1.82, 2.24) is 0 Å². The fourth-order valence-electron chi connectivity index (χ4n) is 4.46. The van der Waals surface area contributed by atoms with Gasteiger partial charge in [0.2, 0.25) is 11.8 Å². The Bertz CT molecular complexity index is 1020. The molecular weight excluding hydrogens is 380 g/mol. The van der Waals surface area contributed by atoms with Crippen molar-refractivity contribution < 1.29 is 19.4 Å². The van der Waals surface area contributed by atoms with Crippen LogP contribution in [-0.4, -0.2) is 35.8 Å². The van der Waals surface area contributed by atoms with Crippen molar-refractivity contribution in [3.05, 3.63) is 67.8 Å². The molecule has 0 N–H and O–H groups in total. The van der Waals surface area contributed by atoms with Crippen LogP contribution in [0.1, 0.15) is 11.1 Å². The third kappa shape index (κ3) is 2.42. The number of fused-ring (bicyclic) bond motifs is 2. The second kappa shape index (κ2) is 6.09. The number of nitro benzene ring substituents is 2. The number of nitro groups is 2. The smallest absolute Gasteiger partial charge is 0.293 e. The average Bonchev–Trinajstić information content (AvgIpc) is 2.69. The Labute approximate surface area is 164 Å². The Morgan fingerprint density at radius 3 is 1.52 bits per heavy atom.